The molecule has 2 heterocycles. The molecule has 0 bridgehead atoms. The second-order valence-electron chi connectivity index (χ2n) is 10.1. The second kappa shape index (κ2) is 11.1. The van der Waals surface area contributed by atoms with Gasteiger partial charge in [-0.25, -0.2) is 8.42 Å². The Labute approximate surface area is 224 Å². The minimum Gasteiger partial charge on any atom is -0.337 e. The zero-order valence-electron chi connectivity index (χ0n) is 21.9. The lowest BCUT2D eigenvalue weighted by atomic mass is 10.1. The molecule has 1 fully saturated rings. The summed E-state index contributed by atoms with van der Waals surface area (Å²) >= 11 is 0. The molecule has 4 aromatic rings. The van der Waals surface area contributed by atoms with E-state index in [0.717, 1.165) is 31.4 Å². The predicted molar refractivity (Wildman–Crippen MR) is 151 cm³/mol. The maximum atomic E-state index is 13.3. The van der Waals surface area contributed by atoms with Gasteiger partial charge in [-0.3, -0.25) is 14.7 Å². The molecule has 5 rings (SSSR count). The van der Waals surface area contributed by atoms with E-state index in [1.54, 1.807) is 48.7 Å². The lowest BCUT2D eigenvalue weighted by Gasteiger charge is -2.23. The first-order valence-electron chi connectivity index (χ1n) is 13.0. The normalized spacial score (nSPS) is 14.9. The third-order valence-electron chi connectivity index (χ3n) is 7.26. The van der Waals surface area contributed by atoms with Crippen LogP contribution in [-0.2, 0) is 22.1 Å². The van der Waals surface area contributed by atoms with Crippen molar-refractivity contribution in [2.24, 2.45) is 0 Å². The topological polar surface area (TPSA) is 70.6 Å². The Morgan fingerprint density at radius 1 is 0.895 bits per heavy atom. The molecule has 0 spiro atoms. The van der Waals surface area contributed by atoms with Crippen LogP contribution in [0.4, 0.5) is 0 Å². The Morgan fingerprint density at radius 3 is 2.50 bits per heavy atom. The smallest absolute Gasteiger partial charge is 0.253 e. The van der Waals surface area contributed by atoms with Crippen LogP contribution in [0.25, 0.3) is 10.9 Å². The van der Waals surface area contributed by atoms with Crippen molar-refractivity contribution in [1.29, 1.82) is 0 Å². The van der Waals surface area contributed by atoms with Crippen molar-refractivity contribution < 1.29 is 13.2 Å². The van der Waals surface area contributed by atoms with Gasteiger partial charge in [0, 0.05) is 49.9 Å². The third-order valence-corrected chi connectivity index (χ3v) is 8.98. The zero-order chi connectivity index (χ0) is 26.7. The van der Waals surface area contributed by atoms with Crippen molar-refractivity contribution in [3.8, 4) is 0 Å². The largest absolute Gasteiger partial charge is 0.337 e. The van der Waals surface area contributed by atoms with Crippen LogP contribution in [0.5, 0.6) is 0 Å². The SMILES string of the molecule is Cc1ccc(C)c(CN2CCCN(C(=O)c3ccc(CS(=O)(=O)c4cccc5cccnc45)cc3)CC2)c1. The molecule has 6 nitrogen and oxygen atoms in total. The zero-order valence-corrected chi connectivity index (χ0v) is 22.7. The Morgan fingerprint density at radius 2 is 1.68 bits per heavy atom. The molecule has 196 valence electrons. The lowest BCUT2D eigenvalue weighted by molar-refractivity contribution is 0.0761. The maximum absolute atomic E-state index is 13.3. The minimum atomic E-state index is -3.60. The number of carbonyl (C=O) groups excluding carboxylic acids is 1. The summed E-state index contributed by atoms with van der Waals surface area (Å²) in [4.78, 5) is 22.1. The molecule has 1 saturated heterocycles. The molecule has 0 unspecified atom stereocenters. The summed E-state index contributed by atoms with van der Waals surface area (Å²) < 4.78 is 26.4. The number of nitrogens with zero attached hydrogens (tertiary/aromatic N) is 3. The first-order valence-corrected chi connectivity index (χ1v) is 14.7. The van der Waals surface area contributed by atoms with Crippen LogP contribution >= 0.6 is 0 Å². The number of sulfone groups is 1. The molecule has 0 atom stereocenters. The number of amides is 1. The highest BCUT2D eigenvalue weighted by Crippen LogP contribution is 2.24. The van der Waals surface area contributed by atoms with Crippen molar-refractivity contribution in [3.63, 3.8) is 0 Å². The van der Waals surface area contributed by atoms with E-state index in [9.17, 15) is 13.2 Å². The molecule has 7 heteroatoms. The number of aromatic nitrogens is 1. The van der Waals surface area contributed by atoms with Crippen LogP contribution in [0, 0.1) is 13.8 Å². The van der Waals surface area contributed by atoms with Gasteiger partial charge in [0.2, 0.25) is 0 Å². The van der Waals surface area contributed by atoms with Crippen molar-refractivity contribution in [3.05, 3.63) is 107 Å². The van der Waals surface area contributed by atoms with Gasteiger partial charge in [0.15, 0.2) is 9.84 Å². The predicted octanol–water partition coefficient (Wildman–Crippen LogP) is 5.17. The van der Waals surface area contributed by atoms with E-state index < -0.39 is 9.84 Å². The summed E-state index contributed by atoms with van der Waals surface area (Å²) in [5, 5.41) is 0.791. The summed E-state index contributed by atoms with van der Waals surface area (Å²) in [6.07, 6.45) is 2.53. The van der Waals surface area contributed by atoms with Gasteiger partial charge in [0.05, 0.1) is 16.2 Å². The number of hydrogen-bond acceptors (Lipinski definition) is 5. The first kappa shape index (κ1) is 26.1. The molecule has 1 aliphatic heterocycles. The van der Waals surface area contributed by atoms with Gasteiger partial charge in [0.25, 0.3) is 5.91 Å². The average Bonchev–Trinajstić information content (AvgIpc) is 3.16. The number of rotatable bonds is 6. The number of pyridine rings is 1. The van der Waals surface area contributed by atoms with E-state index >= 15 is 0 Å². The standard InChI is InChI=1S/C31H33N3O3S/c1-23-9-10-24(2)28(20-23)21-33-16-5-17-34(19-18-33)31(35)27-13-11-25(12-14-27)22-38(36,37)29-8-3-6-26-7-4-15-32-30(26)29/h3-4,6-15,20H,5,16-19,21-22H2,1-2H3. The number of fused-ring (bicyclic) bond motifs is 1. The maximum Gasteiger partial charge on any atom is 0.253 e. The van der Waals surface area contributed by atoms with Crippen LogP contribution in [0.2, 0.25) is 0 Å². The van der Waals surface area contributed by atoms with E-state index in [1.165, 1.54) is 16.7 Å². The highest BCUT2D eigenvalue weighted by Gasteiger charge is 2.22. The monoisotopic (exact) mass is 527 g/mol. The van der Waals surface area contributed by atoms with E-state index in [2.05, 4.69) is 41.9 Å². The number of para-hydroxylation sites is 1. The fourth-order valence-corrected chi connectivity index (χ4v) is 6.63. The molecule has 0 radical (unpaired) electrons. The minimum absolute atomic E-state index is 0.00810. The fourth-order valence-electron chi connectivity index (χ4n) is 5.09. The van der Waals surface area contributed by atoms with E-state index in [1.807, 2.05) is 17.0 Å². The van der Waals surface area contributed by atoms with Crippen LogP contribution in [0.1, 0.15) is 39.0 Å². The Balaban J connectivity index is 1.23. The van der Waals surface area contributed by atoms with Crippen LogP contribution in [0.3, 0.4) is 0 Å². The third kappa shape index (κ3) is 5.79. The molecular weight excluding hydrogens is 494 g/mol. The van der Waals surface area contributed by atoms with Crippen molar-refractivity contribution >= 4 is 26.6 Å². The van der Waals surface area contributed by atoms with Crippen molar-refractivity contribution in [2.75, 3.05) is 26.2 Å². The molecule has 0 N–H and O–H groups in total. The highest BCUT2D eigenvalue weighted by atomic mass is 32.2. The van der Waals surface area contributed by atoms with Gasteiger partial charge in [-0.05, 0) is 61.2 Å². The van der Waals surface area contributed by atoms with Crippen LogP contribution in [0.15, 0.2) is 83.9 Å². The summed E-state index contributed by atoms with van der Waals surface area (Å²) in [6.45, 7) is 8.33. The van der Waals surface area contributed by atoms with Crippen molar-refractivity contribution in [2.45, 2.75) is 37.5 Å². The van der Waals surface area contributed by atoms with Gasteiger partial charge < -0.3 is 4.90 Å². The quantitative estimate of drug-likeness (QED) is 0.346. The Kier molecular flexibility index (Phi) is 7.58. The summed E-state index contributed by atoms with van der Waals surface area (Å²) in [6, 6.07) is 22.4. The number of hydrogen-bond donors (Lipinski definition) is 0. The number of aryl methyl sites for hydroxylation is 2. The molecule has 1 amide bonds. The molecule has 3 aromatic carbocycles. The van der Waals surface area contributed by atoms with E-state index in [-0.39, 0.29) is 16.6 Å². The van der Waals surface area contributed by atoms with Crippen LogP contribution < -0.4 is 0 Å². The van der Waals surface area contributed by atoms with E-state index in [4.69, 9.17) is 0 Å². The highest BCUT2D eigenvalue weighted by molar-refractivity contribution is 7.90. The fraction of sp³-hybridized carbons (Fsp3) is 0.290. The molecule has 1 aromatic heterocycles. The molecule has 0 saturated carbocycles. The first-order chi connectivity index (χ1) is 18.3. The average molecular weight is 528 g/mol. The van der Waals surface area contributed by atoms with Gasteiger partial charge in [-0.2, -0.15) is 0 Å². The lowest BCUT2D eigenvalue weighted by Crippen LogP contribution is -2.35. The van der Waals surface area contributed by atoms with Crippen molar-refractivity contribution in [1.82, 2.24) is 14.8 Å². The Bertz CT molecular complexity index is 1560. The van der Waals surface area contributed by atoms with Gasteiger partial charge in [0.1, 0.15) is 0 Å². The van der Waals surface area contributed by atoms with Crippen LogP contribution in [-0.4, -0.2) is 55.3 Å². The molecule has 0 aliphatic carbocycles. The van der Waals surface area contributed by atoms with Gasteiger partial charge in [-0.1, -0.05) is 54.1 Å². The van der Waals surface area contributed by atoms with Gasteiger partial charge in [-0.15, -0.1) is 0 Å². The number of benzene rings is 3. The molecule has 38 heavy (non-hydrogen) atoms. The van der Waals surface area contributed by atoms with E-state index in [0.29, 0.717) is 29.7 Å². The number of carbonyl (C=O) groups is 1. The van der Waals surface area contributed by atoms with Gasteiger partial charge >= 0.3 is 0 Å². The summed E-state index contributed by atoms with van der Waals surface area (Å²) in [7, 11) is -3.60. The molecular formula is C31H33N3O3S. The molecule has 1 aliphatic rings. The second-order valence-corrected chi connectivity index (χ2v) is 12.1. The summed E-state index contributed by atoms with van der Waals surface area (Å²) in [5.74, 6) is -0.153. The summed E-state index contributed by atoms with van der Waals surface area (Å²) in [5.41, 5.74) is 5.61. The Hall–Kier alpha value is -3.55.